The maximum absolute atomic E-state index is 12.7. The number of carbonyl (C=O) groups is 2. The lowest BCUT2D eigenvalue weighted by Gasteiger charge is -2.29. The highest BCUT2D eigenvalue weighted by atomic mass is 32.1. The monoisotopic (exact) mass is 417 g/mol. The van der Waals surface area contributed by atoms with Gasteiger partial charge in [-0.25, -0.2) is 4.79 Å². The Morgan fingerprint density at radius 2 is 1.66 bits per heavy atom. The molecule has 4 N–H and O–H groups in total. The van der Waals surface area contributed by atoms with Crippen LogP contribution in [0.2, 0.25) is 0 Å². The van der Waals surface area contributed by atoms with E-state index in [2.05, 4.69) is 10.6 Å². The summed E-state index contributed by atoms with van der Waals surface area (Å²) in [6.07, 6.45) is 3.81. The first kappa shape index (κ1) is 21.4. The molecular formula is C22H31N3O3S. The van der Waals surface area contributed by atoms with Gasteiger partial charge in [0.25, 0.3) is 5.91 Å². The van der Waals surface area contributed by atoms with Crippen LogP contribution < -0.4 is 16.4 Å². The van der Waals surface area contributed by atoms with Crippen LogP contribution in [-0.2, 0) is 4.74 Å². The number of ether oxygens (including phenoxy) is 1. The number of fused-ring (bicyclic) bond motifs is 1. The van der Waals surface area contributed by atoms with Gasteiger partial charge in [0.15, 0.2) is 0 Å². The maximum Gasteiger partial charge on any atom is 0.407 e. The van der Waals surface area contributed by atoms with Gasteiger partial charge in [0.05, 0.1) is 10.6 Å². The average Bonchev–Trinajstić information content (AvgIpc) is 2.99. The van der Waals surface area contributed by atoms with Crippen molar-refractivity contribution in [3.05, 3.63) is 29.8 Å². The van der Waals surface area contributed by atoms with Crippen molar-refractivity contribution in [2.75, 3.05) is 18.8 Å². The number of nitrogen functional groups attached to an aromatic ring is 1. The summed E-state index contributed by atoms with van der Waals surface area (Å²) < 4.78 is 6.32. The van der Waals surface area contributed by atoms with Gasteiger partial charge in [-0.2, -0.15) is 0 Å². The molecule has 0 atom stereocenters. The fourth-order valence-electron chi connectivity index (χ4n) is 3.81. The van der Waals surface area contributed by atoms with Crippen molar-refractivity contribution in [2.45, 2.75) is 52.1 Å². The second-order valence-electron chi connectivity index (χ2n) is 8.82. The van der Waals surface area contributed by atoms with Crippen LogP contribution in [0.1, 0.15) is 56.8 Å². The zero-order valence-corrected chi connectivity index (χ0v) is 18.2. The van der Waals surface area contributed by atoms with E-state index < -0.39 is 5.60 Å². The first-order valence-electron chi connectivity index (χ1n) is 10.2. The molecule has 1 aliphatic carbocycles. The van der Waals surface area contributed by atoms with Gasteiger partial charge in [0.2, 0.25) is 0 Å². The van der Waals surface area contributed by atoms with Gasteiger partial charge in [0, 0.05) is 23.2 Å². The Balaban J connectivity index is 1.42. The standard InChI is InChI=1S/C22H31N3O3S/c1-22(2,3)28-21(27)25-13-15-10-8-14(9-11-15)12-24-20(26)18-16-6-4-5-7-17(16)29-19(18)23/h4-7,14-15H,8-13,23H2,1-3H3,(H,24,26)(H,25,27)/t14-,15-. The molecule has 0 unspecified atom stereocenters. The number of amides is 2. The Kier molecular flexibility index (Phi) is 6.67. The first-order valence-corrected chi connectivity index (χ1v) is 11.1. The fraction of sp³-hybridized carbons (Fsp3) is 0.545. The average molecular weight is 418 g/mol. The molecule has 29 heavy (non-hydrogen) atoms. The Morgan fingerprint density at radius 1 is 1.07 bits per heavy atom. The molecule has 1 aromatic carbocycles. The summed E-state index contributed by atoms with van der Waals surface area (Å²) in [6.45, 7) is 6.88. The van der Waals surface area contributed by atoms with Crippen LogP contribution in [0.3, 0.4) is 0 Å². The molecule has 0 saturated heterocycles. The number of rotatable bonds is 5. The second-order valence-corrected chi connectivity index (χ2v) is 9.90. The Bertz CT molecular complexity index is 864. The lowest BCUT2D eigenvalue weighted by Crippen LogP contribution is -2.37. The normalized spacial score (nSPS) is 19.7. The van der Waals surface area contributed by atoms with E-state index in [0.717, 1.165) is 35.8 Å². The van der Waals surface area contributed by atoms with Crippen LogP contribution in [0, 0.1) is 11.8 Å². The number of benzene rings is 1. The van der Waals surface area contributed by atoms with Gasteiger partial charge in [-0.05, 0) is 64.4 Å². The van der Waals surface area contributed by atoms with E-state index >= 15 is 0 Å². The van der Waals surface area contributed by atoms with E-state index in [1.54, 1.807) is 0 Å². The number of anilines is 1. The largest absolute Gasteiger partial charge is 0.444 e. The number of thiophene rings is 1. The Hall–Kier alpha value is -2.28. The van der Waals surface area contributed by atoms with Crippen LogP contribution >= 0.6 is 11.3 Å². The molecule has 7 heteroatoms. The molecule has 2 amide bonds. The van der Waals surface area contributed by atoms with E-state index in [1.807, 2.05) is 45.0 Å². The molecule has 0 aliphatic heterocycles. The third kappa shape index (κ3) is 5.85. The minimum Gasteiger partial charge on any atom is -0.444 e. The summed E-state index contributed by atoms with van der Waals surface area (Å²) in [4.78, 5) is 24.5. The molecule has 0 bridgehead atoms. The van der Waals surface area contributed by atoms with Crippen LogP contribution in [-0.4, -0.2) is 30.7 Å². The first-order chi connectivity index (χ1) is 13.7. The van der Waals surface area contributed by atoms with Gasteiger partial charge in [-0.3, -0.25) is 4.79 Å². The van der Waals surface area contributed by atoms with Crippen molar-refractivity contribution in [3.63, 3.8) is 0 Å². The van der Waals surface area contributed by atoms with Crippen molar-refractivity contribution < 1.29 is 14.3 Å². The summed E-state index contributed by atoms with van der Waals surface area (Å²) in [7, 11) is 0. The van der Waals surface area contributed by atoms with Gasteiger partial charge in [0.1, 0.15) is 5.60 Å². The Morgan fingerprint density at radius 3 is 2.28 bits per heavy atom. The van der Waals surface area contributed by atoms with Crippen LogP contribution in [0.25, 0.3) is 10.1 Å². The molecule has 3 rings (SSSR count). The van der Waals surface area contributed by atoms with E-state index in [0.29, 0.717) is 35.5 Å². The highest BCUT2D eigenvalue weighted by Crippen LogP contribution is 2.33. The predicted octanol–water partition coefficient (Wildman–Crippen LogP) is 4.54. The van der Waals surface area contributed by atoms with E-state index in [4.69, 9.17) is 10.5 Å². The molecule has 1 fully saturated rings. The minimum atomic E-state index is -0.475. The zero-order chi connectivity index (χ0) is 21.0. The molecular weight excluding hydrogens is 386 g/mol. The number of nitrogens with two attached hydrogens (primary N) is 1. The van der Waals surface area contributed by atoms with Gasteiger partial charge in [-0.15, -0.1) is 11.3 Å². The summed E-state index contributed by atoms with van der Waals surface area (Å²) in [5.41, 5.74) is 6.21. The molecule has 2 aromatic rings. The molecule has 0 spiro atoms. The van der Waals surface area contributed by atoms with Crippen LogP contribution in [0.5, 0.6) is 0 Å². The molecule has 0 radical (unpaired) electrons. The summed E-state index contributed by atoms with van der Waals surface area (Å²) in [5, 5.41) is 7.44. The third-order valence-electron chi connectivity index (χ3n) is 5.30. The molecule has 1 aliphatic rings. The SMILES string of the molecule is CC(C)(C)OC(=O)NC[C@H]1CC[C@H](CNC(=O)c2c(N)sc3ccccc23)CC1. The smallest absolute Gasteiger partial charge is 0.407 e. The number of carbonyl (C=O) groups excluding carboxylic acids is 2. The van der Waals surface area contributed by atoms with Crippen molar-refractivity contribution in [1.29, 1.82) is 0 Å². The lowest BCUT2D eigenvalue weighted by molar-refractivity contribution is 0.0512. The third-order valence-corrected chi connectivity index (χ3v) is 6.30. The molecule has 158 valence electrons. The lowest BCUT2D eigenvalue weighted by atomic mass is 9.82. The van der Waals surface area contributed by atoms with Crippen molar-refractivity contribution >= 4 is 38.4 Å². The van der Waals surface area contributed by atoms with E-state index in [9.17, 15) is 9.59 Å². The molecule has 6 nitrogen and oxygen atoms in total. The van der Waals surface area contributed by atoms with E-state index in [1.165, 1.54) is 11.3 Å². The summed E-state index contributed by atoms with van der Waals surface area (Å²) in [6, 6.07) is 7.81. The molecule has 1 heterocycles. The van der Waals surface area contributed by atoms with Gasteiger partial charge in [-0.1, -0.05) is 18.2 Å². The quantitative estimate of drug-likeness (QED) is 0.665. The maximum atomic E-state index is 12.7. The predicted molar refractivity (Wildman–Crippen MR) is 118 cm³/mol. The molecule has 1 aromatic heterocycles. The van der Waals surface area contributed by atoms with Gasteiger partial charge < -0.3 is 21.1 Å². The minimum absolute atomic E-state index is 0.0892. The van der Waals surface area contributed by atoms with Crippen LogP contribution in [0.15, 0.2) is 24.3 Å². The topological polar surface area (TPSA) is 93.5 Å². The number of nitrogens with one attached hydrogen (secondary N) is 2. The van der Waals surface area contributed by atoms with Crippen molar-refractivity contribution in [2.24, 2.45) is 11.8 Å². The second kappa shape index (κ2) is 9.03. The number of hydrogen-bond donors (Lipinski definition) is 3. The van der Waals surface area contributed by atoms with Gasteiger partial charge >= 0.3 is 6.09 Å². The highest BCUT2D eigenvalue weighted by Gasteiger charge is 2.24. The summed E-state index contributed by atoms with van der Waals surface area (Å²) in [5.74, 6) is 0.836. The number of hydrogen-bond acceptors (Lipinski definition) is 5. The Labute approximate surface area is 176 Å². The number of alkyl carbamates (subject to hydrolysis) is 1. The zero-order valence-electron chi connectivity index (χ0n) is 17.4. The van der Waals surface area contributed by atoms with Crippen molar-refractivity contribution in [3.8, 4) is 0 Å². The summed E-state index contributed by atoms with van der Waals surface area (Å²) >= 11 is 1.45. The highest BCUT2D eigenvalue weighted by molar-refractivity contribution is 7.23. The molecule has 1 saturated carbocycles. The van der Waals surface area contributed by atoms with Crippen LogP contribution in [0.4, 0.5) is 9.80 Å². The van der Waals surface area contributed by atoms with E-state index in [-0.39, 0.29) is 12.0 Å². The fourth-order valence-corrected chi connectivity index (χ4v) is 4.77. The van der Waals surface area contributed by atoms with Crippen molar-refractivity contribution in [1.82, 2.24) is 10.6 Å².